The molecule has 0 aromatic carbocycles. The number of hydrazine groups is 1. The molecule has 0 spiro atoms. The Kier molecular flexibility index (Phi) is 1.29. The highest BCUT2D eigenvalue weighted by molar-refractivity contribution is 6.13. The zero-order valence-corrected chi connectivity index (χ0v) is 4.13. The summed E-state index contributed by atoms with van der Waals surface area (Å²) < 4.78 is 0. The van der Waals surface area contributed by atoms with Crippen LogP contribution in [0.25, 0.3) is 0 Å². The summed E-state index contributed by atoms with van der Waals surface area (Å²) in [5.41, 5.74) is 2.83. The third kappa shape index (κ3) is 1.12. The van der Waals surface area contributed by atoms with E-state index in [4.69, 9.17) is 11.8 Å². The van der Waals surface area contributed by atoms with Crippen molar-refractivity contribution in [3.05, 3.63) is 0 Å². The van der Waals surface area contributed by atoms with Crippen molar-refractivity contribution in [2.24, 2.45) is 0 Å². The molecule has 0 saturated heterocycles. The highest BCUT2D eigenvalue weighted by Crippen LogP contribution is 2.17. The fraction of sp³-hybridized carbons (Fsp3) is 1.00. The van der Waals surface area contributed by atoms with Crippen molar-refractivity contribution in [2.45, 2.75) is 18.9 Å². The molecule has 0 aromatic heterocycles. The number of hydrogen-bond donors (Lipinski definition) is 2. The highest BCUT2D eigenvalue weighted by Gasteiger charge is 2.19. The molecule has 1 rings (SSSR count). The first-order valence-corrected chi connectivity index (χ1v) is 2.42. The lowest BCUT2D eigenvalue weighted by atomic mass is 10.8. The topological polar surface area (TPSA) is 24.1 Å². The molecular formula is C3H7ClN2. The standard InChI is InChI=1S/C3H7ClN2/c4-6-5-3-1-2-3/h3,5-6H,1-2H2. The van der Waals surface area contributed by atoms with Crippen LogP contribution in [-0.4, -0.2) is 6.04 Å². The molecule has 6 heavy (non-hydrogen) atoms. The van der Waals surface area contributed by atoms with Crippen LogP contribution in [0.1, 0.15) is 12.8 Å². The van der Waals surface area contributed by atoms with Gasteiger partial charge in [-0.05, 0) is 24.6 Å². The number of rotatable bonds is 2. The molecule has 0 amide bonds. The van der Waals surface area contributed by atoms with E-state index in [1.165, 1.54) is 12.8 Å². The van der Waals surface area contributed by atoms with Crippen LogP contribution in [0.2, 0.25) is 0 Å². The average Bonchev–Trinajstić information content (AvgIpc) is 2.21. The molecule has 1 fully saturated rings. The Labute approximate surface area is 41.9 Å². The quantitative estimate of drug-likeness (QED) is 0.393. The van der Waals surface area contributed by atoms with Gasteiger partial charge in [0, 0.05) is 6.04 Å². The molecule has 36 valence electrons. The van der Waals surface area contributed by atoms with Gasteiger partial charge in [0.2, 0.25) is 0 Å². The van der Waals surface area contributed by atoms with Gasteiger partial charge in [-0.15, -0.1) is 0 Å². The van der Waals surface area contributed by atoms with Gasteiger partial charge in [-0.1, -0.05) is 0 Å². The zero-order chi connectivity index (χ0) is 4.41. The maximum absolute atomic E-state index is 5.08. The summed E-state index contributed by atoms with van der Waals surface area (Å²) in [7, 11) is 0. The monoisotopic (exact) mass is 106 g/mol. The largest absolute Gasteiger partial charge is 0.241 e. The van der Waals surface area contributed by atoms with E-state index >= 15 is 0 Å². The minimum Gasteiger partial charge on any atom is -0.241 e. The summed E-state index contributed by atoms with van der Waals surface area (Å²) >= 11 is 5.08. The fourth-order valence-corrected chi connectivity index (χ4v) is 0.459. The maximum Gasteiger partial charge on any atom is 0.0226 e. The molecule has 0 unspecified atom stereocenters. The summed E-state index contributed by atoms with van der Waals surface area (Å²) in [6.07, 6.45) is 2.53. The van der Waals surface area contributed by atoms with Crippen molar-refractivity contribution in [3.63, 3.8) is 0 Å². The number of halogens is 1. The van der Waals surface area contributed by atoms with Crippen molar-refractivity contribution < 1.29 is 0 Å². The van der Waals surface area contributed by atoms with E-state index in [1.807, 2.05) is 0 Å². The van der Waals surface area contributed by atoms with Crippen LogP contribution < -0.4 is 10.4 Å². The van der Waals surface area contributed by atoms with Crippen LogP contribution in [0.3, 0.4) is 0 Å². The highest BCUT2D eigenvalue weighted by atomic mass is 35.5. The number of nitrogens with one attached hydrogen (secondary N) is 2. The van der Waals surface area contributed by atoms with Gasteiger partial charge >= 0.3 is 0 Å². The maximum atomic E-state index is 5.08. The van der Waals surface area contributed by atoms with Crippen LogP contribution in [0.15, 0.2) is 0 Å². The molecule has 0 radical (unpaired) electrons. The summed E-state index contributed by atoms with van der Waals surface area (Å²) in [6, 6.07) is 0.655. The summed E-state index contributed by atoms with van der Waals surface area (Å²) in [6.45, 7) is 0. The molecule has 2 N–H and O–H groups in total. The SMILES string of the molecule is ClNNC1CC1. The van der Waals surface area contributed by atoms with Crippen molar-refractivity contribution in [2.75, 3.05) is 0 Å². The lowest BCUT2D eigenvalue weighted by molar-refractivity contribution is 0.671. The molecule has 0 aromatic rings. The van der Waals surface area contributed by atoms with Gasteiger partial charge in [0.1, 0.15) is 0 Å². The van der Waals surface area contributed by atoms with Crippen molar-refractivity contribution in [1.82, 2.24) is 10.4 Å². The van der Waals surface area contributed by atoms with Crippen molar-refractivity contribution in [1.29, 1.82) is 0 Å². The van der Waals surface area contributed by atoms with Crippen LogP contribution >= 0.6 is 11.8 Å². The van der Waals surface area contributed by atoms with E-state index in [0.717, 1.165) is 0 Å². The van der Waals surface area contributed by atoms with Crippen LogP contribution in [0, 0.1) is 0 Å². The predicted octanol–water partition coefficient (Wildman–Crippen LogP) is 0.397. The van der Waals surface area contributed by atoms with E-state index in [9.17, 15) is 0 Å². The normalized spacial score (nSPS) is 21.5. The third-order valence-corrected chi connectivity index (χ3v) is 0.945. The first kappa shape index (κ1) is 4.37. The molecule has 3 heteroatoms. The summed E-state index contributed by atoms with van der Waals surface area (Å²) in [5.74, 6) is 0. The molecule has 0 heterocycles. The van der Waals surface area contributed by atoms with Crippen LogP contribution in [0.4, 0.5) is 0 Å². The first-order valence-electron chi connectivity index (χ1n) is 2.04. The van der Waals surface area contributed by atoms with E-state index in [0.29, 0.717) is 6.04 Å². The summed E-state index contributed by atoms with van der Waals surface area (Å²) in [5, 5.41) is 0. The minimum absolute atomic E-state index is 0.655. The van der Waals surface area contributed by atoms with Gasteiger partial charge in [-0.3, -0.25) is 0 Å². The van der Waals surface area contributed by atoms with Gasteiger partial charge in [0.15, 0.2) is 0 Å². The smallest absolute Gasteiger partial charge is 0.0226 e. The van der Waals surface area contributed by atoms with Crippen molar-refractivity contribution >= 4 is 11.8 Å². The molecule has 0 bridgehead atoms. The molecule has 0 atom stereocenters. The molecule has 1 aliphatic carbocycles. The Balaban J connectivity index is 1.88. The Morgan fingerprint density at radius 3 is 2.33 bits per heavy atom. The van der Waals surface area contributed by atoms with E-state index < -0.39 is 0 Å². The van der Waals surface area contributed by atoms with Gasteiger partial charge in [0.05, 0.1) is 0 Å². The molecule has 1 aliphatic rings. The van der Waals surface area contributed by atoms with Crippen molar-refractivity contribution in [3.8, 4) is 0 Å². The van der Waals surface area contributed by atoms with Crippen LogP contribution in [-0.2, 0) is 0 Å². The van der Waals surface area contributed by atoms with Gasteiger partial charge in [-0.2, -0.15) is 4.94 Å². The van der Waals surface area contributed by atoms with E-state index in [-0.39, 0.29) is 0 Å². The zero-order valence-electron chi connectivity index (χ0n) is 3.37. The molecular weight excluding hydrogens is 99.5 g/mol. The summed E-state index contributed by atoms with van der Waals surface area (Å²) in [4.78, 5) is 2.35. The Bertz CT molecular complexity index is 44.1. The average molecular weight is 107 g/mol. The molecule has 1 saturated carbocycles. The second-order valence-corrected chi connectivity index (χ2v) is 1.70. The first-order chi connectivity index (χ1) is 2.93. The Hall–Kier alpha value is 0.210. The van der Waals surface area contributed by atoms with E-state index in [2.05, 4.69) is 10.4 Å². The lowest BCUT2D eigenvalue weighted by Crippen LogP contribution is -2.24. The van der Waals surface area contributed by atoms with Gasteiger partial charge in [-0.25, -0.2) is 5.43 Å². The lowest BCUT2D eigenvalue weighted by Gasteiger charge is -1.90. The molecule has 0 aliphatic heterocycles. The Morgan fingerprint density at radius 1 is 1.50 bits per heavy atom. The van der Waals surface area contributed by atoms with Gasteiger partial charge in [0.25, 0.3) is 0 Å². The number of hydrogen-bond acceptors (Lipinski definition) is 2. The predicted molar refractivity (Wildman–Crippen MR) is 25.1 cm³/mol. The second-order valence-electron chi connectivity index (χ2n) is 1.51. The van der Waals surface area contributed by atoms with E-state index in [1.54, 1.807) is 0 Å². The second kappa shape index (κ2) is 1.78. The molecule has 2 nitrogen and oxygen atoms in total. The third-order valence-electron chi connectivity index (χ3n) is 0.836. The Morgan fingerprint density at radius 2 is 2.17 bits per heavy atom. The minimum atomic E-state index is 0.655. The fourth-order valence-electron chi connectivity index (χ4n) is 0.305. The van der Waals surface area contributed by atoms with Gasteiger partial charge < -0.3 is 0 Å². The van der Waals surface area contributed by atoms with Crippen LogP contribution in [0.5, 0.6) is 0 Å².